The molecular weight excluding hydrogens is 356 g/mol. The minimum atomic E-state index is -3.34. The average molecular weight is 373 g/mol. The first-order valence-electron chi connectivity index (χ1n) is 8.66. The molecule has 4 nitrogen and oxygen atoms in total. The monoisotopic (exact) mass is 373 g/mol. The van der Waals surface area contributed by atoms with E-state index in [1.807, 2.05) is 40.8 Å². The van der Waals surface area contributed by atoms with Crippen LogP contribution in [0, 0.1) is 0 Å². The van der Waals surface area contributed by atoms with Crippen LogP contribution < -0.4 is 3.97 Å². The molecule has 0 saturated heterocycles. The van der Waals surface area contributed by atoms with Gasteiger partial charge in [0.15, 0.2) is 11.7 Å². The summed E-state index contributed by atoms with van der Waals surface area (Å²) in [5, 5.41) is 4.70. The molecule has 0 aliphatic rings. The minimum absolute atomic E-state index is 0.829. The van der Waals surface area contributed by atoms with Crippen molar-refractivity contribution in [2.75, 3.05) is 6.26 Å². The molecular formula is C22H17N2O2S+. The van der Waals surface area contributed by atoms with Crippen LogP contribution in [0.25, 0.3) is 38.3 Å². The molecule has 5 aromatic rings. The normalized spacial score (nSPS) is 12.2. The first kappa shape index (κ1) is 16.0. The Kier molecular flexibility index (Phi) is 3.36. The summed E-state index contributed by atoms with van der Waals surface area (Å²) in [5.74, 6) is 0. The van der Waals surface area contributed by atoms with Gasteiger partial charge in [-0.25, -0.2) is 0 Å². The standard InChI is InChI=1S/C22H17N2O2S/c1-27(25,26)23-14-17-8-6-12-22(24(17)15-23)21-13-16-7-2-3-9-18(16)19-10-4-5-11-20(19)21/h2-15H,1H3/q+1. The molecule has 0 spiro atoms. The highest BCUT2D eigenvalue weighted by molar-refractivity contribution is 7.84. The fourth-order valence-electron chi connectivity index (χ4n) is 3.72. The van der Waals surface area contributed by atoms with E-state index in [9.17, 15) is 8.42 Å². The number of hydrogen-bond acceptors (Lipinski definition) is 2. The van der Waals surface area contributed by atoms with E-state index in [0.29, 0.717) is 0 Å². The van der Waals surface area contributed by atoms with Crippen molar-refractivity contribution in [2.45, 2.75) is 0 Å². The third-order valence-corrected chi connectivity index (χ3v) is 5.94. The maximum atomic E-state index is 12.0. The maximum Gasteiger partial charge on any atom is 0.302 e. The van der Waals surface area contributed by atoms with Gasteiger partial charge in [-0.05, 0) is 39.7 Å². The molecule has 0 amide bonds. The van der Waals surface area contributed by atoms with Gasteiger partial charge in [0, 0.05) is 5.56 Å². The molecule has 0 aliphatic carbocycles. The van der Waals surface area contributed by atoms with Gasteiger partial charge in [0.05, 0.1) is 6.26 Å². The quantitative estimate of drug-likeness (QED) is 0.347. The maximum absolute atomic E-state index is 12.0. The summed E-state index contributed by atoms with van der Waals surface area (Å²) < 4.78 is 27.2. The second-order valence-electron chi connectivity index (χ2n) is 6.73. The van der Waals surface area contributed by atoms with Gasteiger partial charge in [-0.2, -0.15) is 12.8 Å². The van der Waals surface area contributed by atoms with Crippen LogP contribution >= 0.6 is 0 Å². The van der Waals surface area contributed by atoms with Crippen LogP contribution in [0.2, 0.25) is 0 Å². The van der Waals surface area contributed by atoms with Gasteiger partial charge in [-0.1, -0.05) is 54.6 Å². The van der Waals surface area contributed by atoms with Gasteiger partial charge < -0.3 is 0 Å². The van der Waals surface area contributed by atoms with E-state index < -0.39 is 10.0 Å². The summed E-state index contributed by atoms with van der Waals surface area (Å²) in [7, 11) is -3.34. The van der Waals surface area contributed by atoms with Gasteiger partial charge in [-0.15, -0.1) is 3.97 Å². The Bertz CT molecular complexity index is 1450. The van der Waals surface area contributed by atoms with Crippen molar-refractivity contribution >= 4 is 37.1 Å². The molecule has 5 rings (SSSR count). The molecule has 27 heavy (non-hydrogen) atoms. The van der Waals surface area contributed by atoms with E-state index >= 15 is 0 Å². The fourth-order valence-corrected chi connectivity index (χ4v) is 4.28. The number of aromatic nitrogens is 2. The Morgan fingerprint density at radius 3 is 2.30 bits per heavy atom. The lowest BCUT2D eigenvalue weighted by Crippen LogP contribution is -2.39. The predicted molar refractivity (Wildman–Crippen MR) is 108 cm³/mol. The van der Waals surface area contributed by atoms with Crippen LogP contribution in [0.4, 0.5) is 0 Å². The molecule has 0 unspecified atom stereocenters. The van der Waals surface area contributed by atoms with Crippen LogP contribution in [0.15, 0.2) is 85.3 Å². The van der Waals surface area contributed by atoms with Crippen molar-refractivity contribution < 1.29 is 12.4 Å². The van der Waals surface area contributed by atoms with E-state index in [0.717, 1.165) is 27.5 Å². The minimum Gasteiger partial charge on any atom is -0.194 e. The summed E-state index contributed by atoms with van der Waals surface area (Å²) in [6.07, 6.45) is 4.48. The van der Waals surface area contributed by atoms with Crippen molar-refractivity contribution in [3.8, 4) is 11.3 Å². The van der Waals surface area contributed by atoms with E-state index in [-0.39, 0.29) is 0 Å². The van der Waals surface area contributed by atoms with Gasteiger partial charge in [0.2, 0.25) is 0 Å². The summed E-state index contributed by atoms with van der Waals surface area (Å²) >= 11 is 0. The Balaban J connectivity index is 1.92. The van der Waals surface area contributed by atoms with Gasteiger partial charge in [-0.3, -0.25) is 0 Å². The third kappa shape index (κ3) is 2.51. The topological polar surface area (TPSA) is 42.4 Å². The summed E-state index contributed by atoms with van der Waals surface area (Å²) in [6.45, 7) is 0. The Morgan fingerprint density at radius 2 is 1.52 bits per heavy atom. The van der Waals surface area contributed by atoms with Crippen LogP contribution in [-0.4, -0.2) is 19.1 Å². The number of hydrogen-bond donors (Lipinski definition) is 0. The number of fused-ring (bicyclic) bond motifs is 4. The van der Waals surface area contributed by atoms with Crippen molar-refractivity contribution in [3.63, 3.8) is 0 Å². The molecule has 0 fully saturated rings. The summed E-state index contributed by atoms with van der Waals surface area (Å²) in [5.41, 5.74) is 2.86. The molecule has 2 heterocycles. The van der Waals surface area contributed by atoms with Crippen molar-refractivity contribution in [1.29, 1.82) is 0 Å². The zero-order valence-corrected chi connectivity index (χ0v) is 15.5. The smallest absolute Gasteiger partial charge is 0.194 e. The highest BCUT2D eigenvalue weighted by Crippen LogP contribution is 2.34. The molecule has 2 aromatic heterocycles. The Labute approximate surface area is 157 Å². The molecule has 5 heteroatoms. The zero-order valence-electron chi connectivity index (χ0n) is 14.7. The summed E-state index contributed by atoms with van der Waals surface area (Å²) in [4.78, 5) is 0. The van der Waals surface area contributed by atoms with Crippen molar-refractivity contribution in [2.24, 2.45) is 0 Å². The number of benzene rings is 3. The number of imidazole rings is 1. The molecule has 0 bridgehead atoms. The van der Waals surface area contributed by atoms with Gasteiger partial charge in [0.25, 0.3) is 6.33 Å². The second-order valence-corrected chi connectivity index (χ2v) is 8.62. The number of rotatable bonds is 2. The first-order chi connectivity index (χ1) is 13.0. The molecule has 0 atom stereocenters. The molecule has 132 valence electrons. The lowest BCUT2D eigenvalue weighted by molar-refractivity contribution is -0.508. The van der Waals surface area contributed by atoms with Crippen LogP contribution in [0.1, 0.15) is 0 Å². The van der Waals surface area contributed by atoms with Gasteiger partial charge >= 0.3 is 10.0 Å². The van der Waals surface area contributed by atoms with E-state index in [1.165, 1.54) is 21.0 Å². The molecule has 0 radical (unpaired) electrons. The molecule has 3 aromatic carbocycles. The highest BCUT2D eigenvalue weighted by Gasteiger charge is 2.19. The lowest BCUT2D eigenvalue weighted by atomic mass is 9.95. The van der Waals surface area contributed by atoms with Gasteiger partial charge in [0.1, 0.15) is 5.69 Å². The van der Waals surface area contributed by atoms with E-state index in [4.69, 9.17) is 0 Å². The van der Waals surface area contributed by atoms with Crippen LogP contribution in [0.3, 0.4) is 0 Å². The van der Waals surface area contributed by atoms with Crippen molar-refractivity contribution in [3.05, 3.63) is 85.3 Å². The zero-order chi connectivity index (χ0) is 18.6. The fraction of sp³-hybridized carbons (Fsp3) is 0.0455. The first-order valence-corrected chi connectivity index (χ1v) is 10.5. The SMILES string of the molecule is CS(=O)(=O)[n+]1cc2cccc(-c3cc4ccccc4c4ccccc34)n2c1. The molecule has 0 aliphatic heterocycles. The number of nitrogens with zero attached hydrogens (tertiary/aromatic N) is 2. The molecule has 0 N–H and O–H groups in total. The Morgan fingerprint density at radius 1 is 0.815 bits per heavy atom. The lowest BCUT2D eigenvalue weighted by Gasteiger charge is -2.10. The largest absolute Gasteiger partial charge is 0.302 e. The van der Waals surface area contributed by atoms with Crippen molar-refractivity contribution in [1.82, 2.24) is 4.40 Å². The predicted octanol–water partition coefficient (Wildman–Crippen LogP) is 4.01. The van der Waals surface area contributed by atoms with Crippen LogP contribution in [-0.2, 0) is 10.0 Å². The average Bonchev–Trinajstić information content (AvgIpc) is 3.12. The number of pyridine rings is 1. The summed E-state index contributed by atoms with van der Waals surface area (Å²) in [6, 6.07) is 24.7. The molecule has 0 saturated carbocycles. The Hall–Kier alpha value is -3.18. The third-order valence-electron chi connectivity index (χ3n) is 4.97. The highest BCUT2D eigenvalue weighted by atomic mass is 32.2. The van der Waals surface area contributed by atoms with E-state index in [1.54, 1.807) is 12.5 Å². The van der Waals surface area contributed by atoms with Crippen LogP contribution in [0.5, 0.6) is 0 Å². The van der Waals surface area contributed by atoms with E-state index in [2.05, 4.69) is 36.4 Å². The second kappa shape index (κ2) is 5.66.